The van der Waals surface area contributed by atoms with Crippen molar-refractivity contribution in [1.82, 2.24) is 0 Å². The molecule has 0 heterocycles. The average Bonchev–Trinajstić information content (AvgIpc) is 2.37. The van der Waals surface area contributed by atoms with Crippen molar-refractivity contribution in [1.29, 1.82) is 0 Å². The van der Waals surface area contributed by atoms with Crippen LogP contribution in [0.5, 0.6) is 5.75 Å². The van der Waals surface area contributed by atoms with Gasteiger partial charge in [-0.2, -0.15) is 0 Å². The molecule has 0 bridgehead atoms. The first-order valence-corrected chi connectivity index (χ1v) is 6.37. The van der Waals surface area contributed by atoms with E-state index in [1.165, 1.54) is 0 Å². The third kappa shape index (κ3) is 2.59. The number of nitrogens with one attached hydrogen (secondary N) is 1. The van der Waals surface area contributed by atoms with Gasteiger partial charge in [0, 0.05) is 11.8 Å². The lowest BCUT2D eigenvalue weighted by Gasteiger charge is -2.12. The van der Waals surface area contributed by atoms with E-state index < -0.39 is 0 Å². The van der Waals surface area contributed by atoms with Crippen LogP contribution in [0, 0.1) is 6.92 Å². The number of anilines is 3. The van der Waals surface area contributed by atoms with E-state index in [1.54, 1.807) is 7.11 Å². The molecule has 94 valence electrons. The number of nitrogen functional groups attached to an aromatic ring is 1. The van der Waals surface area contributed by atoms with Gasteiger partial charge in [-0.05, 0) is 46.6 Å². The predicted octanol–water partition coefficient (Wildman–Crippen LogP) is 4.09. The molecule has 0 amide bonds. The van der Waals surface area contributed by atoms with E-state index in [0.717, 1.165) is 32.8 Å². The summed E-state index contributed by atoms with van der Waals surface area (Å²) in [4.78, 5) is 0. The van der Waals surface area contributed by atoms with Gasteiger partial charge in [0.1, 0.15) is 5.75 Å². The van der Waals surface area contributed by atoms with Crippen LogP contribution < -0.4 is 15.8 Å². The second-order valence-electron chi connectivity index (χ2n) is 4.01. The van der Waals surface area contributed by atoms with Gasteiger partial charge in [0.2, 0.25) is 0 Å². The Morgan fingerprint density at radius 3 is 2.72 bits per heavy atom. The van der Waals surface area contributed by atoms with Crippen molar-refractivity contribution in [3.8, 4) is 5.75 Å². The highest BCUT2D eigenvalue weighted by atomic mass is 79.9. The van der Waals surface area contributed by atoms with E-state index in [4.69, 9.17) is 10.5 Å². The first-order chi connectivity index (χ1) is 8.61. The van der Waals surface area contributed by atoms with E-state index >= 15 is 0 Å². The molecule has 3 N–H and O–H groups in total. The smallest absolute Gasteiger partial charge is 0.135 e. The molecule has 0 saturated heterocycles. The van der Waals surface area contributed by atoms with Crippen LogP contribution in [0.25, 0.3) is 0 Å². The molecule has 3 nitrogen and oxygen atoms in total. The Bertz CT molecular complexity index is 570. The molecule has 0 aliphatic rings. The Labute approximate surface area is 115 Å². The lowest BCUT2D eigenvalue weighted by atomic mass is 10.1. The van der Waals surface area contributed by atoms with Crippen LogP contribution in [0.4, 0.5) is 17.1 Å². The molecular formula is C14H15BrN2O. The maximum atomic E-state index is 6.03. The minimum atomic E-state index is 0.763. The van der Waals surface area contributed by atoms with E-state index in [0.29, 0.717) is 0 Å². The topological polar surface area (TPSA) is 47.3 Å². The zero-order valence-electron chi connectivity index (χ0n) is 10.3. The number of nitrogens with two attached hydrogens (primary N) is 1. The molecule has 0 aliphatic carbocycles. The van der Waals surface area contributed by atoms with Crippen LogP contribution >= 0.6 is 15.9 Å². The molecule has 2 aromatic carbocycles. The van der Waals surface area contributed by atoms with Crippen LogP contribution in [0.15, 0.2) is 40.9 Å². The van der Waals surface area contributed by atoms with E-state index in [1.807, 2.05) is 43.3 Å². The Kier molecular flexibility index (Phi) is 3.77. The third-order valence-electron chi connectivity index (χ3n) is 2.75. The molecule has 4 heteroatoms. The van der Waals surface area contributed by atoms with E-state index in [2.05, 4.69) is 21.2 Å². The predicted molar refractivity (Wildman–Crippen MR) is 79.6 cm³/mol. The number of methoxy groups -OCH3 is 1. The zero-order chi connectivity index (χ0) is 13.1. The number of hydrogen-bond acceptors (Lipinski definition) is 3. The van der Waals surface area contributed by atoms with Gasteiger partial charge in [-0.3, -0.25) is 0 Å². The van der Waals surface area contributed by atoms with Crippen molar-refractivity contribution in [2.75, 3.05) is 18.2 Å². The maximum Gasteiger partial charge on any atom is 0.135 e. The Morgan fingerprint density at radius 1 is 1.22 bits per heavy atom. The van der Waals surface area contributed by atoms with Crippen LogP contribution in [0.3, 0.4) is 0 Å². The summed E-state index contributed by atoms with van der Waals surface area (Å²) in [6.45, 7) is 1.99. The van der Waals surface area contributed by atoms with Gasteiger partial charge in [-0.25, -0.2) is 0 Å². The molecule has 0 atom stereocenters. The number of aryl methyl sites for hydroxylation is 1. The maximum absolute atomic E-state index is 6.03. The fraction of sp³-hybridized carbons (Fsp3) is 0.143. The fourth-order valence-corrected chi connectivity index (χ4v) is 2.09. The summed E-state index contributed by atoms with van der Waals surface area (Å²) in [5.41, 5.74) is 9.69. The first kappa shape index (κ1) is 12.8. The van der Waals surface area contributed by atoms with Crippen molar-refractivity contribution in [3.05, 3.63) is 46.4 Å². The number of rotatable bonds is 3. The number of halogens is 1. The van der Waals surface area contributed by atoms with Crippen molar-refractivity contribution < 1.29 is 4.74 Å². The van der Waals surface area contributed by atoms with E-state index in [-0.39, 0.29) is 0 Å². The molecule has 2 rings (SSSR count). The normalized spacial score (nSPS) is 10.2. The summed E-state index contributed by atoms with van der Waals surface area (Å²) in [5, 5.41) is 3.29. The fourth-order valence-electron chi connectivity index (χ4n) is 1.68. The molecule has 0 unspecified atom stereocenters. The van der Waals surface area contributed by atoms with Crippen LogP contribution in [-0.4, -0.2) is 7.11 Å². The van der Waals surface area contributed by atoms with Crippen LogP contribution in [0.2, 0.25) is 0 Å². The van der Waals surface area contributed by atoms with Gasteiger partial charge in [-0.15, -0.1) is 0 Å². The standard InChI is InChI=1S/C14H15BrN2O/c1-9-4-3-5-12(14(9)16)17-10-6-7-11(15)13(8-10)18-2/h3-8,17H,16H2,1-2H3. The molecule has 0 fully saturated rings. The summed E-state index contributed by atoms with van der Waals surface area (Å²) < 4.78 is 6.18. The van der Waals surface area contributed by atoms with E-state index in [9.17, 15) is 0 Å². The minimum Gasteiger partial charge on any atom is -0.495 e. The van der Waals surface area contributed by atoms with Crippen molar-refractivity contribution in [2.45, 2.75) is 6.92 Å². The number of ether oxygens (including phenoxy) is 1. The summed E-state index contributed by atoms with van der Waals surface area (Å²) >= 11 is 3.42. The SMILES string of the molecule is COc1cc(Nc2cccc(C)c2N)ccc1Br. The van der Waals surface area contributed by atoms with Gasteiger partial charge in [-0.1, -0.05) is 12.1 Å². The summed E-state index contributed by atoms with van der Waals surface area (Å²) in [5.74, 6) is 0.784. The molecule has 18 heavy (non-hydrogen) atoms. The van der Waals surface area contributed by atoms with Gasteiger partial charge >= 0.3 is 0 Å². The Morgan fingerprint density at radius 2 is 2.00 bits per heavy atom. The molecule has 0 aliphatic heterocycles. The molecule has 0 spiro atoms. The van der Waals surface area contributed by atoms with Gasteiger partial charge in [0.05, 0.1) is 23.0 Å². The summed E-state index contributed by atoms with van der Waals surface area (Å²) in [6.07, 6.45) is 0. The monoisotopic (exact) mass is 306 g/mol. The quantitative estimate of drug-likeness (QED) is 0.840. The summed E-state index contributed by atoms with van der Waals surface area (Å²) in [6, 6.07) is 11.7. The first-order valence-electron chi connectivity index (χ1n) is 5.57. The van der Waals surface area contributed by atoms with Crippen molar-refractivity contribution in [3.63, 3.8) is 0 Å². The second kappa shape index (κ2) is 5.31. The third-order valence-corrected chi connectivity index (χ3v) is 3.41. The molecule has 0 aromatic heterocycles. The minimum absolute atomic E-state index is 0.763. The van der Waals surface area contributed by atoms with Gasteiger partial charge in [0.15, 0.2) is 0 Å². The largest absolute Gasteiger partial charge is 0.495 e. The number of benzene rings is 2. The van der Waals surface area contributed by atoms with Crippen molar-refractivity contribution in [2.24, 2.45) is 0 Å². The van der Waals surface area contributed by atoms with Crippen LogP contribution in [-0.2, 0) is 0 Å². The van der Waals surface area contributed by atoms with Gasteiger partial charge < -0.3 is 15.8 Å². The second-order valence-corrected chi connectivity index (χ2v) is 4.86. The molecule has 0 radical (unpaired) electrons. The highest BCUT2D eigenvalue weighted by Gasteiger charge is 2.04. The molecule has 2 aromatic rings. The number of para-hydroxylation sites is 1. The Balaban J connectivity index is 2.31. The summed E-state index contributed by atoms with van der Waals surface area (Å²) in [7, 11) is 1.64. The van der Waals surface area contributed by atoms with Crippen molar-refractivity contribution >= 4 is 33.0 Å². The lowest BCUT2D eigenvalue weighted by molar-refractivity contribution is 0.412. The number of hydrogen-bond donors (Lipinski definition) is 2. The highest BCUT2D eigenvalue weighted by molar-refractivity contribution is 9.10. The molecule has 0 saturated carbocycles. The van der Waals surface area contributed by atoms with Crippen LogP contribution in [0.1, 0.15) is 5.56 Å². The highest BCUT2D eigenvalue weighted by Crippen LogP contribution is 2.31. The van der Waals surface area contributed by atoms with Gasteiger partial charge in [0.25, 0.3) is 0 Å². The average molecular weight is 307 g/mol. The lowest BCUT2D eigenvalue weighted by Crippen LogP contribution is -1.98. The molecular weight excluding hydrogens is 292 g/mol. The zero-order valence-corrected chi connectivity index (χ0v) is 11.9. The Hall–Kier alpha value is -1.68.